The normalized spacial score (nSPS) is 10.9. The molecule has 0 aliphatic rings. The fourth-order valence-corrected chi connectivity index (χ4v) is 2.31. The lowest BCUT2D eigenvalue weighted by Gasteiger charge is -2.23. The average Bonchev–Trinajstić information content (AvgIpc) is 2.61. The maximum atomic E-state index is 14.2. The van der Waals surface area contributed by atoms with Crippen molar-refractivity contribution in [1.29, 1.82) is 0 Å². The Labute approximate surface area is 150 Å². The van der Waals surface area contributed by atoms with Crippen LogP contribution in [0.15, 0.2) is 52.7 Å². The molecule has 0 bridgehead atoms. The number of hydrogen-bond acceptors (Lipinski definition) is 6. The third-order valence-corrected chi connectivity index (χ3v) is 3.50. The van der Waals surface area contributed by atoms with Gasteiger partial charge < -0.3 is 20.4 Å². The first kappa shape index (κ1) is 19.5. The van der Waals surface area contributed by atoms with Crippen LogP contribution in [0, 0.1) is 5.82 Å². The molecule has 0 heterocycles. The molecule has 0 aromatic heterocycles. The minimum atomic E-state index is -0.554. The van der Waals surface area contributed by atoms with E-state index in [4.69, 9.17) is 10.2 Å². The van der Waals surface area contributed by atoms with Gasteiger partial charge in [0.05, 0.1) is 18.9 Å². The van der Waals surface area contributed by atoms with Crippen molar-refractivity contribution >= 4 is 28.7 Å². The van der Waals surface area contributed by atoms with Gasteiger partial charge in [-0.15, -0.1) is 5.11 Å². The highest BCUT2D eigenvalue weighted by Crippen LogP contribution is 2.26. The Kier molecular flexibility index (Phi) is 7.19. The predicted octanol–water partition coefficient (Wildman–Crippen LogP) is 2.99. The first-order chi connectivity index (χ1) is 12.5. The second kappa shape index (κ2) is 9.59. The van der Waals surface area contributed by atoms with Crippen LogP contribution in [-0.2, 0) is 4.79 Å². The number of aliphatic hydroxyl groups is 2. The summed E-state index contributed by atoms with van der Waals surface area (Å²) in [4.78, 5) is 12.6. The Hall–Kier alpha value is -2.84. The van der Waals surface area contributed by atoms with Crippen molar-refractivity contribution in [3.63, 3.8) is 0 Å². The average molecular weight is 360 g/mol. The Balaban J connectivity index is 2.11. The van der Waals surface area contributed by atoms with Crippen LogP contribution in [0.1, 0.15) is 6.92 Å². The molecule has 0 saturated carbocycles. The molecule has 7 nitrogen and oxygen atoms in total. The molecule has 2 aromatic carbocycles. The summed E-state index contributed by atoms with van der Waals surface area (Å²) >= 11 is 0. The molecule has 26 heavy (non-hydrogen) atoms. The molecule has 0 unspecified atom stereocenters. The SMILES string of the molecule is CC(=O)Nc1ccc(N=Nc2ccc(N(CCO)CCO)cc2F)cc1. The van der Waals surface area contributed by atoms with E-state index in [0.29, 0.717) is 30.2 Å². The van der Waals surface area contributed by atoms with Crippen LogP contribution in [-0.4, -0.2) is 42.4 Å². The van der Waals surface area contributed by atoms with Gasteiger partial charge in [-0.2, -0.15) is 5.11 Å². The van der Waals surface area contributed by atoms with E-state index in [-0.39, 0.29) is 24.8 Å². The zero-order valence-corrected chi connectivity index (χ0v) is 14.4. The summed E-state index contributed by atoms with van der Waals surface area (Å²) < 4.78 is 14.2. The van der Waals surface area contributed by atoms with E-state index in [0.717, 1.165) is 0 Å². The number of nitrogens with zero attached hydrogens (tertiary/aromatic N) is 3. The third-order valence-electron chi connectivity index (χ3n) is 3.50. The fraction of sp³-hybridized carbons (Fsp3) is 0.278. The quantitative estimate of drug-likeness (QED) is 0.630. The molecule has 0 atom stereocenters. The summed E-state index contributed by atoms with van der Waals surface area (Å²) in [5, 5.41) is 28.6. The lowest BCUT2D eigenvalue weighted by atomic mass is 10.2. The van der Waals surface area contributed by atoms with Crippen LogP contribution in [0.5, 0.6) is 0 Å². The largest absolute Gasteiger partial charge is 0.395 e. The summed E-state index contributed by atoms with van der Waals surface area (Å²) in [7, 11) is 0. The third kappa shape index (κ3) is 5.61. The molecule has 0 aliphatic carbocycles. The van der Waals surface area contributed by atoms with Crippen LogP contribution in [0.4, 0.5) is 27.1 Å². The molecular formula is C18H21FN4O3. The van der Waals surface area contributed by atoms with Crippen molar-refractivity contribution < 1.29 is 19.4 Å². The van der Waals surface area contributed by atoms with Gasteiger partial charge in [0, 0.05) is 31.4 Å². The van der Waals surface area contributed by atoms with Gasteiger partial charge in [-0.05, 0) is 42.5 Å². The maximum absolute atomic E-state index is 14.2. The first-order valence-corrected chi connectivity index (χ1v) is 8.09. The van der Waals surface area contributed by atoms with E-state index < -0.39 is 5.82 Å². The van der Waals surface area contributed by atoms with Gasteiger partial charge in [0.25, 0.3) is 0 Å². The Morgan fingerprint density at radius 1 is 1.08 bits per heavy atom. The molecule has 138 valence electrons. The number of nitrogens with one attached hydrogen (secondary N) is 1. The minimum Gasteiger partial charge on any atom is -0.395 e. The first-order valence-electron chi connectivity index (χ1n) is 8.09. The Morgan fingerprint density at radius 3 is 2.27 bits per heavy atom. The molecular weight excluding hydrogens is 339 g/mol. The molecule has 8 heteroatoms. The van der Waals surface area contributed by atoms with E-state index in [9.17, 15) is 9.18 Å². The molecule has 0 aliphatic heterocycles. The van der Waals surface area contributed by atoms with Crippen molar-refractivity contribution in [2.45, 2.75) is 6.92 Å². The monoisotopic (exact) mass is 360 g/mol. The van der Waals surface area contributed by atoms with E-state index in [1.54, 1.807) is 35.2 Å². The highest BCUT2D eigenvalue weighted by molar-refractivity contribution is 5.88. The fourth-order valence-electron chi connectivity index (χ4n) is 2.31. The zero-order valence-electron chi connectivity index (χ0n) is 14.4. The predicted molar refractivity (Wildman–Crippen MR) is 97.7 cm³/mol. The number of halogens is 1. The number of aliphatic hydroxyl groups excluding tert-OH is 2. The number of hydrogen-bond donors (Lipinski definition) is 3. The van der Waals surface area contributed by atoms with Gasteiger partial charge in [0.1, 0.15) is 5.69 Å². The van der Waals surface area contributed by atoms with Crippen LogP contribution >= 0.6 is 0 Å². The summed E-state index contributed by atoms with van der Waals surface area (Å²) in [6, 6.07) is 11.1. The standard InChI is InChI=1S/C18H21FN4O3/c1-13(26)20-14-2-4-15(5-3-14)21-22-18-7-6-16(12-17(18)19)23(8-10-24)9-11-25/h2-7,12,24-25H,8-11H2,1H3,(H,20,26). The van der Waals surface area contributed by atoms with Gasteiger partial charge in [-0.3, -0.25) is 4.79 Å². The van der Waals surface area contributed by atoms with Gasteiger partial charge >= 0.3 is 0 Å². The highest BCUT2D eigenvalue weighted by Gasteiger charge is 2.09. The lowest BCUT2D eigenvalue weighted by molar-refractivity contribution is -0.114. The van der Waals surface area contributed by atoms with Crippen molar-refractivity contribution in [2.24, 2.45) is 10.2 Å². The number of azo groups is 1. The summed E-state index contributed by atoms with van der Waals surface area (Å²) in [5.74, 6) is -0.722. The summed E-state index contributed by atoms with van der Waals surface area (Å²) in [5.41, 5.74) is 1.78. The maximum Gasteiger partial charge on any atom is 0.221 e. The van der Waals surface area contributed by atoms with E-state index in [2.05, 4.69) is 15.5 Å². The minimum absolute atomic E-state index is 0.0765. The lowest BCUT2D eigenvalue weighted by Crippen LogP contribution is -2.29. The zero-order chi connectivity index (χ0) is 18.9. The van der Waals surface area contributed by atoms with Crippen LogP contribution in [0.25, 0.3) is 0 Å². The number of anilines is 2. The Bertz CT molecular complexity index is 760. The van der Waals surface area contributed by atoms with Crippen molar-refractivity contribution in [2.75, 3.05) is 36.5 Å². The number of carbonyl (C=O) groups excluding carboxylic acids is 1. The molecule has 1 amide bonds. The van der Waals surface area contributed by atoms with Gasteiger partial charge in [0.15, 0.2) is 5.82 Å². The second-order valence-corrected chi connectivity index (χ2v) is 5.50. The van der Waals surface area contributed by atoms with Gasteiger partial charge in [-0.1, -0.05) is 0 Å². The smallest absolute Gasteiger partial charge is 0.221 e. The van der Waals surface area contributed by atoms with Crippen molar-refractivity contribution in [1.82, 2.24) is 0 Å². The number of benzene rings is 2. The van der Waals surface area contributed by atoms with Crippen molar-refractivity contribution in [3.8, 4) is 0 Å². The van der Waals surface area contributed by atoms with Crippen LogP contribution in [0.3, 0.4) is 0 Å². The molecule has 2 aromatic rings. The summed E-state index contributed by atoms with van der Waals surface area (Å²) in [6.45, 7) is 1.81. The van der Waals surface area contributed by atoms with Crippen LogP contribution in [0.2, 0.25) is 0 Å². The Morgan fingerprint density at radius 2 is 1.73 bits per heavy atom. The van der Waals surface area contributed by atoms with Crippen LogP contribution < -0.4 is 10.2 Å². The highest BCUT2D eigenvalue weighted by atomic mass is 19.1. The molecule has 0 radical (unpaired) electrons. The van der Waals surface area contributed by atoms with E-state index in [1.165, 1.54) is 19.1 Å². The molecule has 3 N–H and O–H groups in total. The molecule has 0 saturated heterocycles. The van der Waals surface area contributed by atoms with E-state index >= 15 is 0 Å². The van der Waals surface area contributed by atoms with Crippen molar-refractivity contribution in [3.05, 3.63) is 48.3 Å². The number of amides is 1. The summed E-state index contributed by atoms with van der Waals surface area (Å²) in [6.07, 6.45) is 0. The van der Waals surface area contributed by atoms with Gasteiger partial charge in [-0.25, -0.2) is 4.39 Å². The molecule has 2 rings (SSSR count). The number of rotatable bonds is 8. The van der Waals surface area contributed by atoms with Gasteiger partial charge in [0.2, 0.25) is 5.91 Å². The molecule has 0 spiro atoms. The molecule has 0 fully saturated rings. The number of carbonyl (C=O) groups is 1. The second-order valence-electron chi connectivity index (χ2n) is 5.50. The van der Waals surface area contributed by atoms with E-state index in [1.807, 2.05) is 0 Å². The topological polar surface area (TPSA) is 97.5 Å².